The number of nitrogens with zero attached hydrogens (tertiary/aromatic N) is 1. The minimum atomic E-state index is -1.33. The van der Waals surface area contributed by atoms with Crippen LogP contribution in [-0.2, 0) is 6.54 Å². The zero-order chi connectivity index (χ0) is 9.14. The molecule has 2 N–H and O–H groups in total. The van der Waals surface area contributed by atoms with Crippen molar-refractivity contribution in [3.8, 4) is 0 Å². The summed E-state index contributed by atoms with van der Waals surface area (Å²) < 4.78 is 0.604. The minimum absolute atomic E-state index is 0. The maximum absolute atomic E-state index is 8.82. The molecule has 0 unspecified atom stereocenters. The highest BCUT2D eigenvalue weighted by Crippen LogP contribution is 2.08. The van der Waals surface area contributed by atoms with E-state index in [2.05, 4.69) is 0 Å². The Morgan fingerprint density at radius 2 is 2.00 bits per heavy atom. The lowest BCUT2D eigenvalue weighted by Crippen LogP contribution is -2.26. The van der Waals surface area contributed by atoms with Crippen LogP contribution in [0.4, 0.5) is 0 Å². The molecule has 0 fully saturated rings. The molecule has 1 aromatic rings. The number of hydrogen-bond donors (Lipinski definition) is 2. The molecule has 0 atom stereocenters. The smallest absolute Gasteiger partial charge is 0.423 e. The standard InChI is InChI=1S/C7H12BNO2S.ClH/c1-9(2)5-6-3-4-7(12-6)8(10)11;/h3-4,10-11H,5H2,1-2H3;1H. The number of thiophene rings is 1. The third-order valence-electron chi connectivity index (χ3n) is 1.41. The van der Waals surface area contributed by atoms with Gasteiger partial charge in [0.05, 0.1) is 0 Å². The molecular weight excluding hydrogens is 208 g/mol. The van der Waals surface area contributed by atoms with Crippen molar-refractivity contribution >= 4 is 35.6 Å². The fourth-order valence-corrected chi connectivity index (χ4v) is 1.93. The fraction of sp³-hybridized carbons (Fsp3) is 0.429. The molecule has 0 aliphatic carbocycles. The Morgan fingerprint density at radius 3 is 2.38 bits per heavy atom. The van der Waals surface area contributed by atoms with Crippen LogP contribution in [0.1, 0.15) is 4.88 Å². The van der Waals surface area contributed by atoms with Gasteiger partial charge < -0.3 is 14.9 Å². The first-order chi connectivity index (χ1) is 5.59. The molecule has 6 heteroatoms. The third-order valence-corrected chi connectivity index (χ3v) is 2.52. The van der Waals surface area contributed by atoms with Crippen LogP contribution in [0.5, 0.6) is 0 Å². The summed E-state index contributed by atoms with van der Waals surface area (Å²) in [6, 6.07) is 3.66. The summed E-state index contributed by atoms with van der Waals surface area (Å²) in [6.45, 7) is 0.845. The highest BCUT2D eigenvalue weighted by Gasteiger charge is 2.13. The zero-order valence-electron chi connectivity index (χ0n) is 7.60. The van der Waals surface area contributed by atoms with Crippen LogP contribution in [0, 0.1) is 0 Å². The Hall–Kier alpha value is -0.0651. The summed E-state index contributed by atoms with van der Waals surface area (Å²) in [5.41, 5.74) is 0. The van der Waals surface area contributed by atoms with Crippen molar-refractivity contribution in [2.75, 3.05) is 14.1 Å². The van der Waals surface area contributed by atoms with Crippen molar-refractivity contribution in [1.29, 1.82) is 0 Å². The van der Waals surface area contributed by atoms with E-state index in [4.69, 9.17) is 10.0 Å². The molecule has 0 aromatic carbocycles. The predicted molar refractivity (Wildman–Crippen MR) is 58.8 cm³/mol. The van der Waals surface area contributed by atoms with E-state index in [1.54, 1.807) is 6.07 Å². The molecule has 0 saturated heterocycles. The average Bonchev–Trinajstić information content (AvgIpc) is 2.34. The fourth-order valence-electron chi connectivity index (χ4n) is 0.930. The van der Waals surface area contributed by atoms with Crippen LogP contribution in [0.15, 0.2) is 12.1 Å². The number of rotatable bonds is 3. The molecule has 74 valence electrons. The van der Waals surface area contributed by atoms with Gasteiger partial charge in [-0.1, -0.05) is 6.07 Å². The van der Waals surface area contributed by atoms with Crippen LogP contribution in [0.25, 0.3) is 0 Å². The van der Waals surface area contributed by atoms with Crippen molar-refractivity contribution in [3.05, 3.63) is 17.0 Å². The minimum Gasteiger partial charge on any atom is -0.423 e. The zero-order valence-corrected chi connectivity index (χ0v) is 9.23. The number of hydrogen-bond acceptors (Lipinski definition) is 4. The third kappa shape index (κ3) is 4.11. The molecule has 13 heavy (non-hydrogen) atoms. The monoisotopic (exact) mass is 221 g/mol. The van der Waals surface area contributed by atoms with E-state index in [0.717, 1.165) is 11.4 Å². The normalized spacial score (nSPS) is 9.92. The lowest BCUT2D eigenvalue weighted by atomic mass is 9.90. The van der Waals surface area contributed by atoms with Crippen LogP contribution >= 0.6 is 23.7 Å². The topological polar surface area (TPSA) is 43.7 Å². The summed E-state index contributed by atoms with van der Waals surface area (Å²) in [7, 11) is 2.63. The molecule has 0 aliphatic heterocycles. The van der Waals surface area contributed by atoms with Crippen molar-refractivity contribution < 1.29 is 10.0 Å². The first-order valence-electron chi connectivity index (χ1n) is 3.69. The molecule has 1 aromatic heterocycles. The first-order valence-corrected chi connectivity index (χ1v) is 4.50. The summed E-state index contributed by atoms with van der Waals surface area (Å²) in [5, 5.41) is 17.6. The maximum atomic E-state index is 8.82. The van der Waals surface area contributed by atoms with Gasteiger partial charge in [-0.3, -0.25) is 0 Å². The van der Waals surface area contributed by atoms with Gasteiger partial charge in [-0.2, -0.15) is 0 Å². The number of halogens is 1. The van der Waals surface area contributed by atoms with Gasteiger partial charge >= 0.3 is 7.12 Å². The van der Waals surface area contributed by atoms with Crippen molar-refractivity contribution in [2.45, 2.75) is 6.54 Å². The Kier molecular flexibility index (Phi) is 5.59. The summed E-state index contributed by atoms with van der Waals surface area (Å²) in [5.74, 6) is 0. The Balaban J connectivity index is 0.00000144. The first kappa shape index (κ1) is 12.9. The quantitative estimate of drug-likeness (QED) is 0.702. The van der Waals surface area contributed by atoms with Crippen LogP contribution < -0.4 is 4.78 Å². The molecule has 0 radical (unpaired) electrons. The van der Waals surface area contributed by atoms with Gasteiger partial charge in [-0.15, -0.1) is 23.7 Å². The second kappa shape index (κ2) is 5.62. The molecule has 0 aliphatic rings. The van der Waals surface area contributed by atoms with Gasteiger partial charge in [0.25, 0.3) is 0 Å². The van der Waals surface area contributed by atoms with E-state index in [1.165, 1.54) is 11.3 Å². The molecule has 1 rings (SSSR count). The SMILES string of the molecule is CN(C)Cc1ccc(B(O)O)s1.Cl. The van der Waals surface area contributed by atoms with E-state index < -0.39 is 7.12 Å². The van der Waals surface area contributed by atoms with E-state index in [0.29, 0.717) is 4.78 Å². The van der Waals surface area contributed by atoms with Crippen LogP contribution in [0.3, 0.4) is 0 Å². The van der Waals surface area contributed by atoms with Crippen molar-refractivity contribution in [3.63, 3.8) is 0 Å². The van der Waals surface area contributed by atoms with Gasteiger partial charge in [-0.05, 0) is 20.2 Å². The van der Waals surface area contributed by atoms with E-state index in [9.17, 15) is 0 Å². The highest BCUT2D eigenvalue weighted by atomic mass is 35.5. The summed E-state index contributed by atoms with van der Waals surface area (Å²) in [6.07, 6.45) is 0. The molecule has 0 saturated carbocycles. The van der Waals surface area contributed by atoms with Gasteiger partial charge in [0, 0.05) is 16.2 Å². The maximum Gasteiger partial charge on any atom is 0.499 e. The van der Waals surface area contributed by atoms with Gasteiger partial charge in [0.1, 0.15) is 0 Å². The van der Waals surface area contributed by atoms with Gasteiger partial charge in [-0.25, -0.2) is 0 Å². The van der Waals surface area contributed by atoms with Gasteiger partial charge in [0.15, 0.2) is 0 Å². The molecular formula is C7H13BClNO2S. The molecule has 0 spiro atoms. The van der Waals surface area contributed by atoms with E-state index in [1.807, 2.05) is 25.1 Å². The van der Waals surface area contributed by atoms with Crippen molar-refractivity contribution in [1.82, 2.24) is 4.90 Å². The average molecular weight is 222 g/mol. The Labute approximate surface area is 88.6 Å². The van der Waals surface area contributed by atoms with Crippen molar-refractivity contribution in [2.24, 2.45) is 0 Å². The largest absolute Gasteiger partial charge is 0.499 e. The lowest BCUT2D eigenvalue weighted by Gasteiger charge is -2.05. The predicted octanol–water partition coefficient (Wildman–Crippen LogP) is -0.0887. The summed E-state index contributed by atoms with van der Waals surface area (Å²) >= 11 is 1.43. The highest BCUT2D eigenvalue weighted by molar-refractivity contribution is 7.22. The van der Waals surface area contributed by atoms with Gasteiger partial charge in [0.2, 0.25) is 0 Å². The van der Waals surface area contributed by atoms with Crippen LogP contribution in [-0.4, -0.2) is 36.2 Å². The molecule has 3 nitrogen and oxygen atoms in total. The molecule has 0 amide bonds. The second-order valence-corrected chi connectivity index (χ2v) is 4.12. The van der Waals surface area contributed by atoms with E-state index >= 15 is 0 Å². The lowest BCUT2D eigenvalue weighted by molar-refractivity contribution is 0.406. The Bertz CT molecular complexity index is 254. The van der Waals surface area contributed by atoms with E-state index in [-0.39, 0.29) is 12.4 Å². The molecule has 1 heterocycles. The molecule has 0 bridgehead atoms. The van der Waals surface area contributed by atoms with Crippen LogP contribution in [0.2, 0.25) is 0 Å². The Morgan fingerprint density at radius 1 is 1.38 bits per heavy atom. The second-order valence-electron chi connectivity index (χ2n) is 2.92. The summed E-state index contributed by atoms with van der Waals surface area (Å²) in [4.78, 5) is 3.18.